The van der Waals surface area contributed by atoms with Crippen molar-refractivity contribution in [2.45, 2.75) is 78.0 Å². The molecule has 3 aromatic rings. The molecule has 1 unspecified atom stereocenters. The summed E-state index contributed by atoms with van der Waals surface area (Å²) in [5.74, 6) is -3.47. The van der Waals surface area contributed by atoms with Gasteiger partial charge in [-0.3, -0.25) is 30.0 Å². The molecule has 0 aromatic heterocycles. The first-order chi connectivity index (χ1) is 24.0. The second-order valence-corrected chi connectivity index (χ2v) is 13.4. The maximum absolute atomic E-state index is 13.3. The zero-order chi connectivity index (χ0) is 37.8. The van der Waals surface area contributed by atoms with Crippen LogP contribution in [0.25, 0.3) is 10.8 Å². The highest BCUT2D eigenvalue weighted by molar-refractivity contribution is 6.44. The quantitative estimate of drug-likeness (QED) is 0.0380. The molecule has 14 nitrogen and oxygen atoms in total. The number of fused-ring (bicyclic) bond motifs is 1. The van der Waals surface area contributed by atoms with Crippen molar-refractivity contribution in [3.63, 3.8) is 0 Å². The number of alkyl carbamates (subject to hydrolysis) is 2. The number of nitrogens with zero attached hydrogens (tertiary/aromatic N) is 1. The number of nitrogens with one attached hydrogen (secondary N) is 4. The standard InChI is InChI=1S/C37H45N5O9/c1-36(2,3)50-34(47)41-33(42-35(48)51-37(4,5)6)38-21-13-12-18-28(32(46)49-7)40-31(45)29(43)26-16-10-11-17-27(26)39-30(44)25-20-19-23-14-8-9-15-24(23)22-25/h8-11,14-17,19-20,22,28H,12-13,18,21H2,1-7H3,(H,39,44)(H,40,45)(H2,38,41,42,47,48). The number of hydrogen-bond acceptors (Lipinski definition) is 10. The molecule has 272 valence electrons. The Labute approximate surface area is 296 Å². The van der Waals surface area contributed by atoms with Crippen LogP contribution in [0.1, 0.15) is 81.5 Å². The first kappa shape index (κ1) is 39.6. The topological polar surface area (TPSA) is 191 Å². The van der Waals surface area contributed by atoms with Gasteiger partial charge >= 0.3 is 18.2 Å². The van der Waals surface area contributed by atoms with E-state index < -0.39 is 53.0 Å². The zero-order valence-corrected chi connectivity index (χ0v) is 29.9. The van der Waals surface area contributed by atoms with E-state index >= 15 is 0 Å². The summed E-state index contributed by atoms with van der Waals surface area (Å²) in [5, 5.41) is 11.7. The van der Waals surface area contributed by atoms with Crippen LogP contribution in [0.5, 0.6) is 0 Å². The SMILES string of the molecule is COC(=O)C(CCCCN=C(NC(=O)OC(C)(C)C)NC(=O)OC(C)(C)C)NC(=O)C(=O)c1ccccc1NC(=O)c1ccc2ccccc2c1. The number of benzene rings is 3. The number of amides is 4. The minimum absolute atomic E-state index is 0.0652. The predicted octanol–water partition coefficient (Wildman–Crippen LogP) is 5.51. The average molecular weight is 704 g/mol. The Morgan fingerprint density at radius 3 is 1.94 bits per heavy atom. The van der Waals surface area contributed by atoms with Crippen molar-refractivity contribution in [1.82, 2.24) is 16.0 Å². The minimum Gasteiger partial charge on any atom is -0.467 e. The first-order valence-corrected chi connectivity index (χ1v) is 16.3. The molecular weight excluding hydrogens is 658 g/mol. The van der Waals surface area contributed by atoms with Crippen molar-refractivity contribution in [3.8, 4) is 0 Å². The van der Waals surface area contributed by atoms with Gasteiger partial charge in [0.1, 0.15) is 17.2 Å². The normalized spacial score (nSPS) is 11.7. The van der Waals surface area contributed by atoms with Gasteiger partial charge in [-0.05, 0) is 95.8 Å². The van der Waals surface area contributed by atoms with Crippen LogP contribution in [0.15, 0.2) is 71.7 Å². The van der Waals surface area contributed by atoms with Crippen LogP contribution in [-0.2, 0) is 23.8 Å². The molecule has 0 saturated heterocycles. The molecule has 0 saturated carbocycles. The van der Waals surface area contributed by atoms with Gasteiger partial charge in [0.05, 0.1) is 18.4 Å². The van der Waals surface area contributed by atoms with Crippen molar-refractivity contribution in [2.75, 3.05) is 19.0 Å². The number of Topliss-reactive ketones (excluding diaryl/α,β-unsaturated/α-hetero) is 1. The molecule has 0 fully saturated rings. The molecule has 14 heteroatoms. The summed E-state index contributed by atoms with van der Waals surface area (Å²) in [7, 11) is 1.15. The number of hydrogen-bond donors (Lipinski definition) is 4. The molecule has 3 rings (SSSR count). The number of ketones is 1. The van der Waals surface area contributed by atoms with Gasteiger partial charge in [-0.2, -0.15) is 0 Å². The maximum Gasteiger partial charge on any atom is 0.414 e. The molecule has 0 aliphatic carbocycles. The van der Waals surface area contributed by atoms with Crippen LogP contribution in [0.3, 0.4) is 0 Å². The van der Waals surface area contributed by atoms with Gasteiger partial charge in [0.15, 0.2) is 0 Å². The lowest BCUT2D eigenvalue weighted by molar-refractivity contribution is -0.144. The second kappa shape index (κ2) is 17.7. The maximum atomic E-state index is 13.3. The van der Waals surface area contributed by atoms with Crippen LogP contribution >= 0.6 is 0 Å². The Morgan fingerprint density at radius 2 is 1.33 bits per heavy atom. The number of para-hydroxylation sites is 1. The lowest BCUT2D eigenvalue weighted by Gasteiger charge is -2.22. The van der Waals surface area contributed by atoms with Crippen molar-refractivity contribution < 1.29 is 43.0 Å². The van der Waals surface area contributed by atoms with E-state index in [2.05, 4.69) is 26.3 Å². The summed E-state index contributed by atoms with van der Waals surface area (Å²) in [6.45, 7) is 10.2. The third-order valence-electron chi connectivity index (χ3n) is 6.84. The van der Waals surface area contributed by atoms with Crippen molar-refractivity contribution in [2.24, 2.45) is 4.99 Å². The number of unbranched alkanes of at least 4 members (excludes halogenated alkanes) is 1. The number of carbonyl (C=O) groups excluding carboxylic acids is 6. The molecule has 0 radical (unpaired) electrons. The number of anilines is 1. The smallest absolute Gasteiger partial charge is 0.414 e. The molecule has 0 aliphatic heterocycles. The fourth-order valence-electron chi connectivity index (χ4n) is 4.61. The number of esters is 1. The molecule has 3 aromatic carbocycles. The lowest BCUT2D eigenvalue weighted by atomic mass is 10.0. The Hall–Kier alpha value is -5.79. The van der Waals surface area contributed by atoms with E-state index in [0.29, 0.717) is 18.4 Å². The number of rotatable bonds is 11. The van der Waals surface area contributed by atoms with Crippen molar-refractivity contribution in [1.29, 1.82) is 0 Å². The number of guanidine groups is 1. The van der Waals surface area contributed by atoms with Gasteiger partial charge in [-0.15, -0.1) is 0 Å². The van der Waals surface area contributed by atoms with Gasteiger partial charge in [0.25, 0.3) is 17.6 Å². The highest BCUT2D eigenvalue weighted by atomic mass is 16.6. The van der Waals surface area contributed by atoms with E-state index in [1.54, 1.807) is 65.8 Å². The lowest BCUT2D eigenvalue weighted by Crippen LogP contribution is -2.47. The highest BCUT2D eigenvalue weighted by Gasteiger charge is 2.27. The molecule has 4 N–H and O–H groups in total. The van der Waals surface area contributed by atoms with E-state index in [9.17, 15) is 28.8 Å². The van der Waals surface area contributed by atoms with E-state index in [0.717, 1.165) is 17.9 Å². The molecule has 51 heavy (non-hydrogen) atoms. The third-order valence-corrected chi connectivity index (χ3v) is 6.84. The molecule has 4 amide bonds. The third kappa shape index (κ3) is 13.2. The van der Waals surface area contributed by atoms with Gasteiger partial charge < -0.3 is 24.8 Å². The fourth-order valence-corrected chi connectivity index (χ4v) is 4.61. The van der Waals surface area contributed by atoms with Crippen molar-refractivity contribution in [3.05, 3.63) is 77.9 Å². The second-order valence-electron chi connectivity index (χ2n) is 13.4. The van der Waals surface area contributed by atoms with E-state index in [4.69, 9.17) is 14.2 Å². The average Bonchev–Trinajstić information content (AvgIpc) is 3.04. The predicted molar refractivity (Wildman–Crippen MR) is 192 cm³/mol. The Balaban J connectivity index is 1.64. The number of aliphatic imine (C=N–C) groups is 1. The summed E-state index contributed by atoms with van der Waals surface area (Å²) in [6, 6.07) is 17.7. The summed E-state index contributed by atoms with van der Waals surface area (Å²) in [4.78, 5) is 80.9. The molecule has 0 spiro atoms. The summed E-state index contributed by atoms with van der Waals surface area (Å²) < 4.78 is 15.3. The van der Waals surface area contributed by atoms with Gasteiger partial charge in [-0.25, -0.2) is 14.4 Å². The first-order valence-electron chi connectivity index (χ1n) is 16.3. The van der Waals surface area contributed by atoms with Gasteiger partial charge in [-0.1, -0.05) is 42.5 Å². The summed E-state index contributed by atoms with van der Waals surface area (Å²) in [6.07, 6.45) is -0.940. The van der Waals surface area contributed by atoms with Crippen LogP contribution in [0, 0.1) is 0 Å². The number of ether oxygens (including phenoxy) is 3. The van der Waals surface area contributed by atoms with Gasteiger partial charge in [0, 0.05) is 12.1 Å². The van der Waals surface area contributed by atoms with E-state index in [1.165, 1.54) is 12.1 Å². The Bertz CT molecular complexity index is 1760. The monoisotopic (exact) mass is 703 g/mol. The molecule has 0 heterocycles. The number of carbonyl (C=O) groups is 6. The van der Waals surface area contributed by atoms with Crippen LogP contribution in [-0.4, -0.2) is 72.6 Å². The fraction of sp³-hybridized carbons (Fsp3) is 0.378. The number of methoxy groups -OCH3 is 1. The van der Waals surface area contributed by atoms with Gasteiger partial charge in [0.2, 0.25) is 5.96 Å². The van der Waals surface area contributed by atoms with Crippen molar-refractivity contribution >= 4 is 58.2 Å². The zero-order valence-electron chi connectivity index (χ0n) is 29.9. The van der Waals surface area contributed by atoms with Crippen LogP contribution < -0.4 is 21.3 Å². The molecule has 0 aliphatic rings. The largest absolute Gasteiger partial charge is 0.467 e. The highest BCUT2D eigenvalue weighted by Crippen LogP contribution is 2.20. The Kier molecular flexibility index (Phi) is 13.8. The minimum atomic E-state index is -1.17. The van der Waals surface area contributed by atoms with Crippen LogP contribution in [0.4, 0.5) is 15.3 Å². The molecular formula is C37H45N5O9. The van der Waals surface area contributed by atoms with Crippen LogP contribution in [0.2, 0.25) is 0 Å². The summed E-state index contributed by atoms with van der Waals surface area (Å²) >= 11 is 0. The van der Waals surface area contributed by atoms with E-state index in [1.807, 2.05) is 30.3 Å². The Morgan fingerprint density at radius 1 is 0.745 bits per heavy atom. The molecule has 0 bridgehead atoms. The van der Waals surface area contributed by atoms with E-state index in [-0.39, 0.29) is 30.2 Å². The summed E-state index contributed by atoms with van der Waals surface area (Å²) in [5.41, 5.74) is -1.18. The molecule has 1 atom stereocenters.